The zero-order valence-electron chi connectivity index (χ0n) is 6.66. The quantitative estimate of drug-likeness (QED) is 0.849. The van der Waals surface area contributed by atoms with Crippen molar-refractivity contribution >= 4 is 39.4 Å². The van der Waals surface area contributed by atoms with Crippen LogP contribution in [0.5, 0.6) is 0 Å². The van der Waals surface area contributed by atoms with Crippen molar-refractivity contribution in [3.63, 3.8) is 0 Å². The Morgan fingerprint density at radius 1 is 1.77 bits per heavy atom. The number of carbonyl (C=O) groups is 1. The van der Waals surface area contributed by atoms with E-state index >= 15 is 0 Å². The summed E-state index contributed by atoms with van der Waals surface area (Å²) in [5.41, 5.74) is 0. The minimum absolute atomic E-state index is 0.212. The van der Waals surface area contributed by atoms with Crippen LogP contribution in [0.2, 0.25) is 5.02 Å². The molecular formula is C7H6BrClN2O2. The lowest BCUT2D eigenvalue weighted by Gasteiger charge is -2.13. The Balaban J connectivity index is 3.15. The van der Waals surface area contributed by atoms with Gasteiger partial charge in [0, 0.05) is 17.7 Å². The third-order valence-corrected chi connectivity index (χ3v) is 2.69. The molecule has 0 saturated heterocycles. The summed E-state index contributed by atoms with van der Waals surface area (Å²) in [5, 5.41) is 8.95. The molecule has 70 valence electrons. The van der Waals surface area contributed by atoms with E-state index in [0.29, 0.717) is 4.47 Å². The molecular weight excluding hydrogens is 259 g/mol. The lowest BCUT2D eigenvalue weighted by atomic mass is 10.4. The SMILES string of the molecule is CN(C(=O)O)c1nccc(Br)c1Cl. The van der Waals surface area contributed by atoms with Crippen LogP contribution in [0.3, 0.4) is 0 Å². The molecule has 13 heavy (non-hydrogen) atoms. The molecule has 0 radical (unpaired) electrons. The van der Waals surface area contributed by atoms with Crippen LogP contribution in [0.25, 0.3) is 0 Å². The van der Waals surface area contributed by atoms with Crippen molar-refractivity contribution in [2.24, 2.45) is 0 Å². The first-order valence-electron chi connectivity index (χ1n) is 3.30. The Morgan fingerprint density at radius 3 is 2.92 bits per heavy atom. The first-order chi connectivity index (χ1) is 6.04. The van der Waals surface area contributed by atoms with Crippen LogP contribution in [0.4, 0.5) is 10.6 Å². The molecule has 0 fully saturated rings. The summed E-state index contributed by atoms with van der Waals surface area (Å²) < 4.78 is 0.618. The normalized spacial score (nSPS) is 9.77. The van der Waals surface area contributed by atoms with Gasteiger partial charge in [-0.3, -0.25) is 4.90 Å². The largest absolute Gasteiger partial charge is 0.465 e. The highest BCUT2D eigenvalue weighted by Crippen LogP contribution is 2.29. The van der Waals surface area contributed by atoms with Gasteiger partial charge in [0.15, 0.2) is 5.82 Å². The summed E-state index contributed by atoms with van der Waals surface area (Å²) in [6.07, 6.45) is 0.373. The Morgan fingerprint density at radius 2 is 2.38 bits per heavy atom. The van der Waals surface area contributed by atoms with Crippen LogP contribution in [0.15, 0.2) is 16.7 Å². The lowest BCUT2D eigenvalue weighted by molar-refractivity contribution is 0.203. The second-order valence-electron chi connectivity index (χ2n) is 2.27. The predicted molar refractivity (Wildman–Crippen MR) is 53.4 cm³/mol. The van der Waals surface area contributed by atoms with Crippen LogP contribution in [0.1, 0.15) is 0 Å². The Hall–Kier alpha value is -0.810. The number of pyridine rings is 1. The van der Waals surface area contributed by atoms with E-state index in [4.69, 9.17) is 16.7 Å². The van der Waals surface area contributed by atoms with Gasteiger partial charge in [-0.1, -0.05) is 11.6 Å². The van der Waals surface area contributed by atoms with Crippen LogP contribution in [-0.2, 0) is 0 Å². The summed E-state index contributed by atoms with van der Waals surface area (Å²) in [6, 6.07) is 1.64. The van der Waals surface area contributed by atoms with Crippen molar-refractivity contribution in [1.82, 2.24) is 4.98 Å². The fraction of sp³-hybridized carbons (Fsp3) is 0.143. The van der Waals surface area contributed by atoms with Gasteiger partial charge in [0.2, 0.25) is 0 Å². The summed E-state index contributed by atoms with van der Waals surface area (Å²) in [7, 11) is 1.38. The molecule has 1 heterocycles. The summed E-state index contributed by atoms with van der Waals surface area (Å²) in [4.78, 5) is 15.4. The standard InChI is InChI=1S/C7H6BrClN2O2/c1-11(7(12)13)6-5(9)4(8)2-3-10-6/h2-3H,1H3,(H,12,13). The predicted octanol–water partition coefficient (Wildman–Crippen LogP) is 2.61. The number of anilines is 1. The highest BCUT2D eigenvalue weighted by atomic mass is 79.9. The highest BCUT2D eigenvalue weighted by molar-refractivity contribution is 9.10. The van der Waals surface area contributed by atoms with Gasteiger partial charge in [-0.25, -0.2) is 9.78 Å². The maximum atomic E-state index is 10.6. The summed E-state index contributed by atoms with van der Waals surface area (Å²) >= 11 is 8.99. The number of nitrogens with zero attached hydrogens (tertiary/aromatic N) is 2. The average molecular weight is 265 g/mol. The molecule has 1 aromatic heterocycles. The molecule has 0 aliphatic heterocycles. The molecule has 0 aromatic carbocycles. The van der Waals surface area contributed by atoms with Crippen molar-refractivity contribution in [2.75, 3.05) is 11.9 Å². The van der Waals surface area contributed by atoms with E-state index in [1.807, 2.05) is 0 Å². The molecule has 1 aromatic rings. The molecule has 0 unspecified atom stereocenters. The monoisotopic (exact) mass is 264 g/mol. The number of rotatable bonds is 1. The van der Waals surface area contributed by atoms with Gasteiger partial charge in [-0.2, -0.15) is 0 Å². The van der Waals surface area contributed by atoms with Gasteiger partial charge in [-0.15, -0.1) is 0 Å². The maximum Gasteiger partial charge on any atom is 0.412 e. The molecule has 4 nitrogen and oxygen atoms in total. The number of hydrogen-bond acceptors (Lipinski definition) is 2. The van der Waals surface area contributed by atoms with Gasteiger partial charge in [0.05, 0.1) is 5.02 Å². The van der Waals surface area contributed by atoms with Crippen molar-refractivity contribution in [3.05, 3.63) is 21.8 Å². The van der Waals surface area contributed by atoms with Crippen molar-refractivity contribution in [3.8, 4) is 0 Å². The van der Waals surface area contributed by atoms with E-state index in [1.54, 1.807) is 6.07 Å². The molecule has 0 aliphatic carbocycles. The number of halogens is 2. The fourth-order valence-electron chi connectivity index (χ4n) is 0.734. The third-order valence-electron chi connectivity index (χ3n) is 1.43. The van der Waals surface area contributed by atoms with Gasteiger partial charge < -0.3 is 5.11 Å². The van der Waals surface area contributed by atoms with E-state index in [0.717, 1.165) is 4.90 Å². The van der Waals surface area contributed by atoms with E-state index in [1.165, 1.54) is 13.2 Å². The van der Waals surface area contributed by atoms with Gasteiger partial charge in [0.25, 0.3) is 0 Å². The van der Waals surface area contributed by atoms with Crippen molar-refractivity contribution < 1.29 is 9.90 Å². The van der Waals surface area contributed by atoms with Crippen LogP contribution >= 0.6 is 27.5 Å². The molecule has 1 rings (SSSR count). The second kappa shape index (κ2) is 3.93. The number of amides is 1. The van der Waals surface area contributed by atoms with E-state index < -0.39 is 6.09 Å². The smallest absolute Gasteiger partial charge is 0.412 e. The zero-order valence-corrected chi connectivity index (χ0v) is 9.00. The molecule has 0 atom stereocenters. The van der Waals surface area contributed by atoms with Crippen molar-refractivity contribution in [2.45, 2.75) is 0 Å². The minimum atomic E-state index is -1.10. The van der Waals surface area contributed by atoms with E-state index in [9.17, 15) is 4.79 Å². The average Bonchev–Trinajstić information content (AvgIpc) is 2.08. The zero-order chi connectivity index (χ0) is 10.0. The molecule has 1 amide bonds. The lowest BCUT2D eigenvalue weighted by Crippen LogP contribution is -2.25. The minimum Gasteiger partial charge on any atom is -0.465 e. The first kappa shape index (κ1) is 10.3. The molecule has 0 aliphatic rings. The number of carboxylic acid groups (broad SMARTS) is 1. The molecule has 0 spiro atoms. The van der Waals surface area contributed by atoms with Crippen LogP contribution in [0, 0.1) is 0 Å². The van der Waals surface area contributed by atoms with E-state index in [2.05, 4.69) is 20.9 Å². The summed E-state index contributed by atoms with van der Waals surface area (Å²) in [5.74, 6) is 0.212. The molecule has 6 heteroatoms. The third kappa shape index (κ3) is 2.10. The Labute approximate surface area is 88.3 Å². The first-order valence-corrected chi connectivity index (χ1v) is 4.47. The Bertz CT molecular complexity index is 345. The molecule has 0 saturated carbocycles. The van der Waals surface area contributed by atoms with E-state index in [-0.39, 0.29) is 10.8 Å². The van der Waals surface area contributed by atoms with Crippen LogP contribution < -0.4 is 4.90 Å². The summed E-state index contributed by atoms with van der Waals surface area (Å²) in [6.45, 7) is 0. The number of hydrogen-bond donors (Lipinski definition) is 1. The fourth-order valence-corrected chi connectivity index (χ4v) is 1.27. The second-order valence-corrected chi connectivity index (χ2v) is 3.50. The maximum absolute atomic E-state index is 10.6. The van der Waals surface area contributed by atoms with Gasteiger partial charge >= 0.3 is 6.09 Å². The van der Waals surface area contributed by atoms with Crippen LogP contribution in [-0.4, -0.2) is 23.2 Å². The topological polar surface area (TPSA) is 53.4 Å². The number of aromatic nitrogens is 1. The Kier molecular flexibility index (Phi) is 3.11. The van der Waals surface area contributed by atoms with Gasteiger partial charge in [-0.05, 0) is 22.0 Å². The van der Waals surface area contributed by atoms with Crippen molar-refractivity contribution in [1.29, 1.82) is 0 Å². The highest BCUT2D eigenvalue weighted by Gasteiger charge is 2.14. The molecule has 0 bridgehead atoms. The van der Waals surface area contributed by atoms with Gasteiger partial charge in [0.1, 0.15) is 0 Å². The molecule has 1 N–H and O–H groups in total.